The summed E-state index contributed by atoms with van der Waals surface area (Å²) in [5.74, 6) is 1.99. The number of anilines is 4. The van der Waals surface area contributed by atoms with Crippen molar-refractivity contribution >= 4 is 39.1 Å². The molecule has 2 aromatic carbocycles. The van der Waals surface area contributed by atoms with Crippen LogP contribution in [-0.4, -0.2) is 17.1 Å². The van der Waals surface area contributed by atoms with Crippen LogP contribution in [0.2, 0.25) is 0 Å². The minimum absolute atomic E-state index is 0.530. The molecule has 0 aliphatic carbocycles. The Bertz CT molecular complexity index is 898. The molecule has 1 aromatic heterocycles. The molecule has 3 rings (SSSR count). The Labute approximate surface area is 155 Å². The lowest BCUT2D eigenvalue weighted by atomic mass is 10.2. The second kappa shape index (κ2) is 7.53. The number of nitrogens with zero attached hydrogens (tertiary/aromatic N) is 2. The minimum Gasteiger partial charge on any atom is -0.495 e. The van der Waals surface area contributed by atoms with Crippen LogP contribution >= 0.6 is 15.9 Å². The first-order valence-corrected chi connectivity index (χ1v) is 8.62. The number of aryl methyl sites for hydroxylation is 2. The number of rotatable bonds is 5. The van der Waals surface area contributed by atoms with Crippen LogP contribution in [0.5, 0.6) is 5.75 Å². The molecule has 1 heterocycles. The van der Waals surface area contributed by atoms with Crippen LogP contribution in [-0.2, 0) is 0 Å². The molecule has 0 bridgehead atoms. The maximum atomic E-state index is 5.40. The molecule has 25 heavy (non-hydrogen) atoms. The summed E-state index contributed by atoms with van der Waals surface area (Å²) in [6, 6.07) is 13.8. The Hall–Kier alpha value is -2.60. The van der Waals surface area contributed by atoms with E-state index in [-0.39, 0.29) is 0 Å². The van der Waals surface area contributed by atoms with Crippen molar-refractivity contribution in [1.29, 1.82) is 0 Å². The highest BCUT2D eigenvalue weighted by molar-refractivity contribution is 9.10. The number of methoxy groups -OCH3 is 1. The molecule has 0 aliphatic rings. The fraction of sp³-hybridized carbons (Fsp3) is 0.158. The number of nitrogens with one attached hydrogen (secondary N) is 2. The van der Waals surface area contributed by atoms with E-state index in [9.17, 15) is 0 Å². The normalized spacial score (nSPS) is 10.4. The Morgan fingerprint density at radius 3 is 2.56 bits per heavy atom. The van der Waals surface area contributed by atoms with Crippen molar-refractivity contribution in [2.75, 3.05) is 17.7 Å². The van der Waals surface area contributed by atoms with Gasteiger partial charge in [-0.05, 0) is 61.4 Å². The van der Waals surface area contributed by atoms with Crippen LogP contribution in [0.3, 0.4) is 0 Å². The maximum absolute atomic E-state index is 5.40. The summed E-state index contributed by atoms with van der Waals surface area (Å²) in [5.41, 5.74) is 4.08. The van der Waals surface area contributed by atoms with Gasteiger partial charge in [-0.1, -0.05) is 22.0 Å². The van der Waals surface area contributed by atoms with E-state index >= 15 is 0 Å². The van der Waals surface area contributed by atoms with E-state index in [0.717, 1.165) is 32.7 Å². The number of hydrogen-bond acceptors (Lipinski definition) is 5. The van der Waals surface area contributed by atoms with E-state index in [1.165, 1.54) is 0 Å². The molecular weight excluding hydrogens is 380 g/mol. The third-order valence-electron chi connectivity index (χ3n) is 3.71. The molecule has 0 spiro atoms. The first kappa shape index (κ1) is 17.2. The molecule has 0 amide bonds. The van der Waals surface area contributed by atoms with Crippen LogP contribution in [0.4, 0.5) is 23.1 Å². The van der Waals surface area contributed by atoms with E-state index in [1.807, 2.05) is 56.3 Å². The third-order valence-corrected chi connectivity index (χ3v) is 4.20. The van der Waals surface area contributed by atoms with Crippen molar-refractivity contribution in [3.05, 3.63) is 64.3 Å². The minimum atomic E-state index is 0.530. The van der Waals surface area contributed by atoms with Crippen LogP contribution in [0.25, 0.3) is 0 Å². The standard InChI is InChI=1S/C19H19BrN4O/c1-12-4-7-17(25-3)16(10-12)22-18-8-9-21-19(24-18)23-15-6-5-14(20)11-13(15)2/h4-11H,1-3H3,(H2,21,22,23,24). The Morgan fingerprint density at radius 1 is 0.960 bits per heavy atom. The lowest BCUT2D eigenvalue weighted by Crippen LogP contribution is -2.02. The molecule has 0 saturated heterocycles. The van der Waals surface area contributed by atoms with Gasteiger partial charge in [0, 0.05) is 16.4 Å². The molecule has 128 valence electrons. The largest absolute Gasteiger partial charge is 0.495 e. The Morgan fingerprint density at radius 2 is 1.80 bits per heavy atom. The summed E-state index contributed by atoms with van der Waals surface area (Å²) in [4.78, 5) is 8.83. The van der Waals surface area contributed by atoms with Gasteiger partial charge in [0.1, 0.15) is 11.6 Å². The van der Waals surface area contributed by atoms with Gasteiger partial charge in [-0.3, -0.25) is 0 Å². The van der Waals surface area contributed by atoms with Crippen molar-refractivity contribution in [2.24, 2.45) is 0 Å². The van der Waals surface area contributed by atoms with Gasteiger partial charge in [0.15, 0.2) is 0 Å². The van der Waals surface area contributed by atoms with Gasteiger partial charge in [-0.15, -0.1) is 0 Å². The summed E-state index contributed by atoms with van der Waals surface area (Å²) in [6.45, 7) is 4.07. The number of aromatic nitrogens is 2. The highest BCUT2D eigenvalue weighted by Gasteiger charge is 2.07. The van der Waals surface area contributed by atoms with Gasteiger partial charge >= 0.3 is 0 Å². The van der Waals surface area contributed by atoms with Gasteiger partial charge in [0.05, 0.1) is 12.8 Å². The highest BCUT2D eigenvalue weighted by atomic mass is 79.9. The second-order valence-corrected chi connectivity index (χ2v) is 6.59. The molecule has 0 aliphatic heterocycles. The monoisotopic (exact) mass is 398 g/mol. The average Bonchev–Trinajstić information content (AvgIpc) is 2.58. The molecular formula is C19H19BrN4O. The summed E-state index contributed by atoms with van der Waals surface area (Å²) in [7, 11) is 1.65. The highest BCUT2D eigenvalue weighted by Crippen LogP contribution is 2.28. The van der Waals surface area contributed by atoms with Gasteiger partial charge in [-0.25, -0.2) is 4.98 Å². The topological polar surface area (TPSA) is 59.1 Å². The number of halogens is 1. The predicted octanol–water partition coefficient (Wildman–Crippen LogP) is 5.35. The fourth-order valence-corrected chi connectivity index (χ4v) is 2.91. The summed E-state index contributed by atoms with van der Waals surface area (Å²) in [5, 5.41) is 6.54. The Kier molecular flexibility index (Phi) is 5.19. The van der Waals surface area contributed by atoms with E-state index in [0.29, 0.717) is 11.8 Å². The third kappa shape index (κ3) is 4.28. The van der Waals surface area contributed by atoms with E-state index in [4.69, 9.17) is 4.74 Å². The second-order valence-electron chi connectivity index (χ2n) is 5.68. The molecule has 0 unspecified atom stereocenters. The molecule has 0 radical (unpaired) electrons. The summed E-state index contributed by atoms with van der Waals surface area (Å²) in [6.07, 6.45) is 1.72. The Balaban J connectivity index is 1.83. The zero-order chi connectivity index (χ0) is 17.8. The van der Waals surface area contributed by atoms with Crippen LogP contribution in [0.1, 0.15) is 11.1 Å². The SMILES string of the molecule is COc1ccc(C)cc1Nc1ccnc(Nc2ccc(Br)cc2C)n1. The van der Waals surface area contributed by atoms with Crippen LogP contribution in [0, 0.1) is 13.8 Å². The van der Waals surface area contributed by atoms with Gasteiger partial charge in [0.25, 0.3) is 0 Å². The lowest BCUT2D eigenvalue weighted by Gasteiger charge is -2.13. The maximum Gasteiger partial charge on any atom is 0.229 e. The van der Waals surface area contributed by atoms with Crippen molar-refractivity contribution < 1.29 is 4.74 Å². The van der Waals surface area contributed by atoms with Gasteiger partial charge in [0.2, 0.25) is 5.95 Å². The van der Waals surface area contributed by atoms with Crippen molar-refractivity contribution in [3.63, 3.8) is 0 Å². The predicted molar refractivity (Wildman–Crippen MR) is 105 cm³/mol. The first-order chi connectivity index (χ1) is 12.0. The zero-order valence-electron chi connectivity index (χ0n) is 14.3. The quantitative estimate of drug-likeness (QED) is 0.606. The lowest BCUT2D eigenvalue weighted by molar-refractivity contribution is 0.416. The molecule has 2 N–H and O–H groups in total. The fourth-order valence-electron chi connectivity index (χ4n) is 2.43. The smallest absolute Gasteiger partial charge is 0.229 e. The van der Waals surface area contributed by atoms with Crippen molar-refractivity contribution in [3.8, 4) is 5.75 Å². The van der Waals surface area contributed by atoms with Crippen molar-refractivity contribution in [2.45, 2.75) is 13.8 Å². The first-order valence-electron chi connectivity index (χ1n) is 7.83. The molecule has 6 heteroatoms. The van der Waals surface area contributed by atoms with Gasteiger partial charge < -0.3 is 15.4 Å². The van der Waals surface area contributed by atoms with Crippen LogP contribution < -0.4 is 15.4 Å². The van der Waals surface area contributed by atoms with Crippen LogP contribution in [0.15, 0.2) is 53.1 Å². The summed E-state index contributed by atoms with van der Waals surface area (Å²) < 4.78 is 6.44. The molecule has 0 saturated carbocycles. The molecule has 0 atom stereocenters. The molecule has 5 nitrogen and oxygen atoms in total. The van der Waals surface area contributed by atoms with E-state index < -0.39 is 0 Å². The zero-order valence-corrected chi connectivity index (χ0v) is 15.9. The van der Waals surface area contributed by atoms with E-state index in [1.54, 1.807) is 13.3 Å². The van der Waals surface area contributed by atoms with Crippen molar-refractivity contribution in [1.82, 2.24) is 9.97 Å². The number of hydrogen-bond donors (Lipinski definition) is 2. The summed E-state index contributed by atoms with van der Waals surface area (Å²) >= 11 is 3.47. The van der Waals surface area contributed by atoms with Gasteiger partial charge in [-0.2, -0.15) is 4.98 Å². The number of ether oxygens (including phenoxy) is 1. The molecule has 0 fully saturated rings. The average molecular weight is 399 g/mol. The number of benzene rings is 2. The van der Waals surface area contributed by atoms with E-state index in [2.05, 4.69) is 36.5 Å². The molecule has 3 aromatic rings.